The second kappa shape index (κ2) is 4.48. The van der Waals surface area contributed by atoms with Crippen molar-refractivity contribution in [3.63, 3.8) is 0 Å². The number of hydrogen-bond donors (Lipinski definition) is 1. The van der Waals surface area contributed by atoms with Crippen LogP contribution in [-0.4, -0.2) is 24.8 Å². The molecule has 1 N–H and O–H groups in total. The molecule has 1 unspecified atom stereocenters. The molecule has 0 amide bonds. The van der Waals surface area contributed by atoms with E-state index in [4.69, 9.17) is 16.3 Å². The minimum atomic E-state index is 0.554. The third-order valence-electron chi connectivity index (χ3n) is 3.78. The first-order valence-corrected chi connectivity index (χ1v) is 6.62. The lowest BCUT2D eigenvalue weighted by molar-refractivity contribution is 0.418. The molecule has 0 aliphatic carbocycles. The van der Waals surface area contributed by atoms with Crippen LogP contribution in [0.25, 0.3) is 10.9 Å². The van der Waals surface area contributed by atoms with Gasteiger partial charge in [-0.1, -0.05) is 11.6 Å². The van der Waals surface area contributed by atoms with Gasteiger partial charge in [-0.05, 0) is 36.6 Å². The molecule has 0 spiro atoms. The Kier molecular flexibility index (Phi) is 2.96. The lowest BCUT2D eigenvalue weighted by Crippen LogP contribution is -2.07. The third-order valence-corrected chi connectivity index (χ3v) is 4.10. The molecule has 1 saturated heterocycles. The first kappa shape index (κ1) is 11.9. The van der Waals surface area contributed by atoms with Gasteiger partial charge in [0.1, 0.15) is 5.75 Å². The Balaban J connectivity index is 2.27. The van der Waals surface area contributed by atoms with Gasteiger partial charge in [-0.25, -0.2) is 0 Å². The summed E-state index contributed by atoms with van der Waals surface area (Å²) in [6.45, 7) is 2.12. The van der Waals surface area contributed by atoms with E-state index in [9.17, 15) is 0 Å². The first-order chi connectivity index (χ1) is 8.72. The molecule has 18 heavy (non-hydrogen) atoms. The van der Waals surface area contributed by atoms with Crippen molar-refractivity contribution in [2.45, 2.75) is 12.3 Å². The van der Waals surface area contributed by atoms with Crippen molar-refractivity contribution in [1.29, 1.82) is 0 Å². The van der Waals surface area contributed by atoms with Crippen LogP contribution in [0.2, 0.25) is 5.02 Å². The maximum Gasteiger partial charge on any atom is 0.143 e. The van der Waals surface area contributed by atoms with E-state index in [0.717, 1.165) is 34.8 Å². The van der Waals surface area contributed by atoms with E-state index in [0.29, 0.717) is 5.92 Å². The van der Waals surface area contributed by atoms with Crippen molar-refractivity contribution >= 4 is 22.5 Å². The zero-order valence-electron chi connectivity index (χ0n) is 10.7. The second-order valence-corrected chi connectivity index (χ2v) is 5.27. The summed E-state index contributed by atoms with van der Waals surface area (Å²) >= 11 is 6.39. The van der Waals surface area contributed by atoms with Gasteiger partial charge in [0.2, 0.25) is 0 Å². The first-order valence-electron chi connectivity index (χ1n) is 6.24. The van der Waals surface area contributed by atoms with E-state index in [2.05, 4.69) is 16.1 Å². The van der Waals surface area contributed by atoms with Gasteiger partial charge in [-0.2, -0.15) is 0 Å². The molecule has 2 aromatic rings. The number of benzene rings is 1. The van der Waals surface area contributed by atoms with E-state index in [-0.39, 0.29) is 0 Å². The van der Waals surface area contributed by atoms with E-state index in [1.54, 1.807) is 7.11 Å². The zero-order valence-corrected chi connectivity index (χ0v) is 11.4. The highest BCUT2D eigenvalue weighted by Crippen LogP contribution is 2.39. The Morgan fingerprint density at radius 1 is 1.44 bits per heavy atom. The highest BCUT2D eigenvalue weighted by Gasteiger charge is 2.23. The lowest BCUT2D eigenvalue weighted by Gasteiger charge is -2.09. The molecule has 1 aromatic heterocycles. The van der Waals surface area contributed by atoms with Gasteiger partial charge in [-0.3, -0.25) is 0 Å². The molecule has 1 aliphatic heterocycles. The minimum absolute atomic E-state index is 0.554. The van der Waals surface area contributed by atoms with Crippen molar-refractivity contribution in [1.82, 2.24) is 9.88 Å². The maximum atomic E-state index is 6.39. The fraction of sp³-hybridized carbons (Fsp3) is 0.429. The molecule has 1 fully saturated rings. The van der Waals surface area contributed by atoms with Gasteiger partial charge in [-0.15, -0.1) is 0 Å². The summed E-state index contributed by atoms with van der Waals surface area (Å²) < 4.78 is 7.56. The molecule has 2 heterocycles. The quantitative estimate of drug-likeness (QED) is 0.903. The molecule has 4 heteroatoms. The largest absolute Gasteiger partial charge is 0.495 e. The summed E-state index contributed by atoms with van der Waals surface area (Å²) in [5.41, 5.74) is 2.42. The van der Waals surface area contributed by atoms with Crippen LogP contribution in [0.5, 0.6) is 5.75 Å². The molecule has 1 aliphatic rings. The van der Waals surface area contributed by atoms with E-state index < -0.39 is 0 Å². The summed E-state index contributed by atoms with van der Waals surface area (Å²) in [5.74, 6) is 1.44. The number of nitrogens with one attached hydrogen (secondary N) is 1. The summed E-state index contributed by atoms with van der Waals surface area (Å²) in [4.78, 5) is 0. The van der Waals surface area contributed by atoms with E-state index in [1.807, 2.05) is 19.2 Å². The SMILES string of the molecule is COc1ccc(Cl)c2c(C3CCNC3)cn(C)c12. The predicted octanol–water partition coefficient (Wildman–Crippen LogP) is 2.92. The van der Waals surface area contributed by atoms with Gasteiger partial charge in [0.05, 0.1) is 17.6 Å². The Morgan fingerprint density at radius 2 is 2.28 bits per heavy atom. The molecule has 1 atom stereocenters. The molecule has 1 aromatic carbocycles. The number of hydrogen-bond acceptors (Lipinski definition) is 2. The van der Waals surface area contributed by atoms with Gasteiger partial charge in [0, 0.05) is 25.2 Å². The van der Waals surface area contributed by atoms with Gasteiger partial charge in [0.25, 0.3) is 0 Å². The third kappa shape index (κ3) is 1.70. The standard InChI is InChI=1S/C14H17ClN2O/c1-17-8-10(9-5-6-16-7-9)13-11(15)3-4-12(18-2)14(13)17/h3-4,8-9,16H,5-7H2,1-2H3. The Bertz CT molecular complexity index is 585. The van der Waals surface area contributed by atoms with Crippen LogP contribution in [0.3, 0.4) is 0 Å². The molecule has 0 saturated carbocycles. The van der Waals surface area contributed by atoms with Crippen LogP contribution in [0.4, 0.5) is 0 Å². The molecular formula is C14H17ClN2O. The zero-order chi connectivity index (χ0) is 12.7. The lowest BCUT2D eigenvalue weighted by atomic mass is 9.98. The van der Waals surface area contributed by atoms with Crippen LogP contribution < -0.4 is 10.1 Å². The Morgan fingerprint density at radius 3 is 2.94 bits per heavy atom. The monoisotopic (exact) mass is 264 g/mol. The summed E-state index contributed by atoms with van der Waals surface area (Å²) in [6, 6.07) is 3.86. The molecule has 0 radical (unpaired) electrons. The van der Waals surface area contributed by atoms with Gasteiger partial charge >= 0.3 is 0 Å². The average Bonchev–Trinajstić information content (AvgIpc) is 2.98. The number of fused-ring (bicyclic) bond motifs is 1. The predicted molar refractivity (Wildman–Crippen MR) is 74.7 cm³/mol. The van der Waals surface area contributed by atoms with Crippen molar-refractivity contribution in [3.8, 4) is 5.75 Å². The highest BCUT2D eigenvalue weighted by atomic mass is 35.5. The summed E-state index contributed by atoms with van der Waals surface area (Å²) in [7, 11) is 3.75. The van der Waals surface area contributed by atoms with E-state index >= 15 is 0 Å². The molecule has 0 bridgehead atoms. The highest BCUT2D eigenvalue weighted by molar-refractivity contribution is 6.36. The van der Waals surface area contributed by atoms with E-state index in [1.165, 1.54) is 12.0 Å². The van der Waals surface area contributed by atoms with Gasteiger partial charge < -0.3 is 14.6 Å². The van der Waals surface area contributed by atoms with Crippen molar-refractivity contribution in [2.75, 3.05) is 20.2 Å². The second-order valence-electron chi connectivity index (χ2n) is 4.86. The number of rotatable bonds is 2. The maximum absolute atomic E-state index is 6.39. The average molecular weight is 265 g/mol. The molecule has 96 valence electrons. The number of methoxy groups -OCH3 is 1. The number of halogens is 1. The van der Waals surface area contributed by atoms with Crippen LogP contribution in [0, 0.1) is 0 Å². The normalized spacial score (nSPS) is 19.6. The van der Waals surface area contributed by atoms with Crippen LogP contribution in [0.15, 0.2) is 18.3 Å². The molecule has 3 nitrogen and oxygen atoms in total. The summed E-state index contributed by atoms with van der Waals surface area (Å²) in [5, 5.41) is 5.37. The molecular weight excluding hydrogens is 248 g/mol. The summed E-state index contributed by atoms with van der Waals surface area (Å²) in [6.07, 6.45) is 3.36. The topological polar surface area (TPSA) is 26.2 Å². The van der Waals surface area contributed by atoms with Crippen molar-refractivity contribution in [3.05, 3.63) is 28.9 Å². The number of aryl methyl sites for hydroxylation is 1. The smallest absolute Gasteiger partial charge is 0.143 e. The van der Waals surface area contributed by atoms with Crippen molar-refractivity contribution in [2.24, 2.45) is 7.05 Å². The number of ether oxygens (including phenoxy) is 1. The Labute approximate surface area is 112 Å². The van der Waals surface area contributed by atoms with Crippen LogP contribution in [-0.2, 0) is 7.05 Å². The van der Waals surface area contributed by atoms with Crippen LogP contribution in [0.1, 0.15) is 17.9 Å². The Hall–Kier alpha value is -1.19. The minimum Gasteiger partial charge on any atom is -0.495 e. The van der Waals surface area contributed by atoms with Gasteiger partial charge in [0.15, 0.2) is 0 Å². The van der Waals surface area contributed by atoms with Crippen LogP contribution >= 0.6 is 11.6 Å². The molecule has 3 rings (SSSR count). The number of aromatic nitrogens is 1. The van der Waals surface area contributed by atoms with Crippen molar-refractivity contribution < 1.29 is 4.74 Å². The number of nitrogens with zero attached hydrogens (tertiary/aromatic N) is 1. The fourth-order valence-corrected chi connectivity index (χ4v) is 3.17. The fourth-order valence-electron chi connectivity index (χ4n) is 2.90.